The van der Waals surface area contributed by atoms with Crippen LogP contribution in [0.1, 0.15) is 24.4 Å². The van der Waals surface area contributed by atoms with Gasteiger partial charge in [-0.05, 0) is 43.7 Å². The van der Waals surface area contributed by atoms with Gasteiger partial charge in [0.25, 0.3) is 0 Å². The van der Waals surface area contributed by atoms with Gasteiger partial charge in [0.05, 0.1) is 23.7 Å². The molecule has 6 nitrogen and oxygen atoms in total. The van der Waals surface area contributed by atoms with Gasteiger partial charge in [0.1, 0.15) is 18.1 Å². The number of hydrogen-bond acceptors (Lipinski definition) is 6. The van der Waals surface area contributed by atoms with Crippen LogP contribution in [0.4, 0.5) is 5.69 Å². The summed E-state index contributed by atoms with van der Waals surface area (Å²) in [5.41, 5.74) is 4.62. The molecule has 3 aromatic rings. The van der Waals surface area contributed by atoms with Crippen LogP contribution in [0.15, 0.2) is 51.7 Å². The predicted octanol–water partition coefficient (Wildman–Crippen LogP) is 3.75. The number of aliphatic hydroxyl groups is 1. The van der Waals surface area contributed by atoms with Crippen molar-refractivity contribution >= 4 is 22.9 Å². The number of likely N-dealkylation sites (tertiary alicyclic amines) is 1. The lowest BCUT2D eigenvalue weighted by Crippen LogP contribution is -2.40. The first-order chi connectivity index (χ1) is 13.7. The molecule has 0 unspecified atom stereocenters. The third-order valence-electron chi connectivity index (χ3n) is 5.01. The Bertz CT molecular complexity index is 905. The molecule has 1 aromatic carbocycles. The number of furan rings is 1. The molecular weight excluding hydrogens is 374 g/mol. The van der Waals surface area contributed by atoms with Crippen LogP contribution in [0.2, 0.25) is 0 Å². The molecule has 1 aliphatic heterocycles. The van der Waals surface area contributed by atoms with E-state index in [0.717, 1.165) is 42.1 Å². The van der Waals surface area contributed by atoms with Crippen molar-refractivity contribution in [2.45, 2.75) is 26.0 Å². The Labute approximate surface area is 167 Å². The Kier molecular flexibility index (Phi) is 5.85. The molecule has 0 radical (unpaired) electrons. The van der Waals surface area contributed by atoms with Crippen LogP contribution in [0.5, 0.6) is 0 Å². The number of aliphatic hydroxyl groups excluding tert-OH is 1. The van der Waals surface area contributed by atoms with Crippen LogP contribution in [-0.4, -0.2) is 34.0 Å². The zero-order valence-corrected chi connectivity index (χ0v) is 16.3. The van der Waals surface area contributed by atoms with E-state index >= 15 is 0 Å². The van der Waals surface area contributed by atoms with Crippen LogP contribution < -0.4 is 5.32 Å². The monoisotopic (exact) mass is 397 g/mol. The Morgan fingerprint density at radius 3 is 2.79 bits per heavy atom. The molecule has 146 valence electrons. The van der Waals surface area contributed by atoms with Gasteiger partial charge in [-0.15, -0.1) is 11.3 Å². The standard InChI is InChI=1S/C21H23N3O3S/c25-12-19-8-7-18(27-19)11-24-9-1-2-16(10-24)21(26)23-17-5-3-15(4-6-17)20-13-28-14-22-20/h3-8,13-14,16,25H,1-2,9-12H2,(H,23,26)/t16-/m0/s1. The van der Waals surface area contributed by atoms with E-state index in [-0.39, 0.29) is 18.4 Å². The second kappa shape index (κ2) is 8.68. The minimum atomic E-state index is -0.0910. The molecule has 1 aliphatic rings. The zero-order valence-electron chi connectivity index (χ0n) is 15.5. The summed E-state index contributed by atoms with van der Waals surface area (Å²) in [5, 5.41) is 14.2. The molecule has 1 fully saturated rings. The highest BCUT2D eigenvalue weighted by molar-refractivity contribution is 7.07. The van der Waals surface area contributed by atoms with Crippen molar-refractivity contribution in [3.05, 3.63) is 58.8 Å². The quantitative estimate of drug-likeness (QED) is 0.662. The summed E-state index contributed by atoms with van der Waals surface area (Å²) in [6.07, 6.45) is 1.87. The molecule has 0 bridgehead atoms. The number of benzene rings is 1. The lowest BCUT2D eigenvalue weighted by atomic mass is 9.97. The highest BCUT2D eigenvalue weighted by atomic mass is 32.1. The highest BCUT2D eigenvalue weighted by Gasteiger charge is 2.26. The highest BCUT2D eigenvalue weighted by Crippen LogP contribution is 2.24. The zero-order chi connectivity index (χ0) is 19.3. The lowest BCUT2D eigenvalue weighted by Gasteiger charge is -2.31. The van der Waals surface area contributed by atoms with Crippen LogP contribution in [-0.2, 0) is 17.9 Å². The molecule has 1 amide bonds. The number of amides is 1. The molecule has 0 aliphatic carbocycles. The van der Waals surface area contributed by atoms with Crippen LogP contribution in [0.25, 0.3) is 11.3 Å². The molecule has 0 saturated carbocycles. The Balaban J connectivity index is 1.33. The van der Waals surface area contributed by atoms with Crippen LogP contribution in [0.3, 0.4) is 0 Å². The number of carbonyl (C=O) groups excluding carboxylic acids is 1. The largest absolute Gasteiger partial charge is 0.462 e. The molecule has 28 heavy (non-hydrogen) atoms. The number of aromatic nitrogens is 1. The maximum absolute atomic E-state index is 12.7. The van der Waals surface area contributed by atoms with Crippen molar-refractivity contribution in [1.82, 2.24) is 9.88 Å². The minimum Gasteiger partial charge on any atom is -0.462 e. The average Bonchev–Trinajstić information content (AvgIpc) is 3.41. The number of nitrogens with zero attached hydrogens (tertiary/aromatic N) is 2. The van der Waals surface area contributed by atoms with Gasteiger partial charge >= 0.3 is 0 Å². The molecule has 3 heterocycles. The van der Waals surface area contributed by atoms with Crippen molar-refractivity contribution in [3.8, 4) is 11.3 Å². The van der Waals surface area contributed by atoms with E-state index in [4.69, 9.17) is 9.52 Å². The molecule has 4 rings (SSSR count). The first-order valence-corrected chi connectivity index (χ1v) is 10.4. The molecule has 0 spiro atoms. The number of anilines is 1. The summed E-state index contributed by atoms with van der Waals surface area (Å²) < 4.78 is 5.57. The van der Waals surface area contributed by atoms with Gasteiger partial charge in [-0.25, -0.2) is 4.98 Å². The SMILES string of the molecule is O=C(Nc1ccc(-c2cscn2)cc1)[C@H]1CCCN(Cc2ccc(CO)o2)C1. The van der Waals surface area contributed by atoms with E-state index in [0.29, 0.717) is 18.8 Å². The first-order valence-electron chi connectivity index (χ1n) is 9.41. The summed E-state index contributed by atoms with van der Waals surface area (Å²) in [6, 6.07) is 11.5. The number of piperidine rings is 1. The molecular formula is C21H23N3O3S. The summed E-state index contributed by atoms with van der Waals surface area (Å²) in [4.78, 5) is 19.3. The number of carbonyl (C=O) groups is 1. The molecule has 1 atom stereocenters. The molecule has 2 N–H and O–H groups in total. The van der Waals surface area contributed by atoms with E-state index in [9.17, 15) is 4.79 Å². The molecule has 2 aromatic heterocycles. The normalized spacial score (nSPS) is 17.5. The number of thiazole rings is 1. The van der Waals surface area contributed by atoms with Gasteiger partial charge in [0.2, 0.25) is 5.91 Å². The Hall–Kier alpha value is -2.48. The Morgan fingerprint density at radius 2 is 2.07 bits per heavy atom. The van der Waals surface area contributed by atoms with Gasteiger partial charge in [-0.3, -0.25) is 9.69 Å². The van der Waals surface area contributed by atoms with E-state index in [1.165, 1.54) is 0 Å². The van der Waals surface area contributed by atoms with E-state index in [1.807, 2.05) is 41.2 Å². The van der Waals surface area contributed by atoms with E-state index < -0.39 is 0 Å². The van der Waals surface area contributed by atoms with Gasteiger partial charge in [0.15, 0.2) is 0 Å². The first kappa shape index (κ1) is 18.9. The van der Waals surface area contributed by atoms with Crippen LogP contribution >= 0.6 is 11.3 Å². The average molecular weight is 398 g/mol. The second-order valence-electron chi connectivity index (χ2n) is 7.04. The number of rotatable bonds is 6. The summed E-state index contributed by atoms with van der Waals surface area (Å²) >= 11 is 1.57. The van der Waals surface area contributed by atoms with Gasteiger partial charge in [-0.1, -0.05) is 12.1 Å². The van der Waals surface area contributed by atoms with E-state index in [1.54, 1.807) is 17.4 Å². The van der Waals surface area contributed by atoms with Gasteiger partial charge in [0, 0.05) is 23.2 Å². The van der Waals surface area contributed by atoms with Crippen LogP contribution in [0, 0.1) is 5.92 Å². The Morgan fingerprint density at radius 1 is 1.25 bits per heavy atom. The maximum atomic E-state index is 12.7. The van der Waals surface area contributed by atoms with Gasteiger partial charge in [-0.2, -0.15) is 0 Å². The van der Waals surface area contributed by atoms with Crippen molar-refractivity contribution in [3.63, 3.8) is 0 Å². The number of hydrogen-bond donors (Lipinski definition) is 2. The third kappa shape index (κ3) is 4.49. The maximum Gasteiger partial charge on any atom is 0.228 e. The smallest absolute Gasteiger partial charge is 0.228 e. The summed E-state index contributed by atoms with van der Waals surface area (Å²) in [6.45, 7) is 2.22. The molecule has 1 saturated heterocycles. The van der Waals surface area contributed by atoms with Crippen molar-refractivity contribution < 1.29 is 14.3 Å². The van der Waals surface area contributed by atoms with Crippen molar-refractivity contribution in [2.24, 2.45) is 5.92 Å². The fourth-order valence-electron chi connectivity index (χ4n) is 3.55. The predicted molar refractivity (Wildman–Crippen MR) is 109 cm³/mol. The van der Waals surface area contributed by atoms with Gasteiger partial charge < -0.3 is 14.8 Å². The van der Waals surface area contributed by atoms with Crippen molar-refractivity contribution in [2.75, 3.05) is 18.4 Å². The number of nitrogens with one attached hydrogen (secondary N) is 1. The van der Waals surface area contributed by atoms with E-state index in [2.05, 4.69) is 15.2 Å². The third-order valence-corrected chi connectivity index (χ3v) is 5.60. The minimum absolute atomic E-state index is 0.0424. The lowest BCUT2D eigenvalue weighted by molar-refractivity contribution is -0.121. The second-order valence-corrected chi connectivity index (χ2v) is 7.76. The molecule has 7 heteroatoms. The fraction of sp³-hybridized carbons (Fsp3) is 0.333. The fourth-order valence-corrected chi connectivity index (χ4v) is 4.11. The topological polar surface area (TPSA) is 78.6 Å². The van der Waals surface area contributed by atoms with Crippen molar-refractivity contribution in [1.29, 1.82) is 0 Å². The summed E-state index contributed by atoms with van der Waals surface area (Å²) in [5.74, 6) is 1.41. The summed E-state index contributed by atoms with van der Waals surface area (Å²) in [7, 11) is 0.